The van der Waals surface area contributed by atoms with Crippen LogP contribution in [0.3, 0.4) is 0 Å². The first kappa shape index (κ1) is 26.7. The summed E-state index contributed by atoms with van der Waals surface area (Å²) in [4.78, 5) is 24.6. The molecule has 0 saturated carbocycles. The maximum Gasteiger partial charge on any atom is 0.416 e. The molecule has 0 aromatic heterocycles. The van der Waals surface area contributed by atoms with E-state index in [1.807, 2.05) is 0 Å². The fourth-order valence-electron chi connectivity index (χ4n) is 2.64. The van der Waals surface area contributed by atoms with Crippen molar-refractivity contribution in [3.05, 3.63) is 35.4 Å². The van der Waals surface area contributed by atoms with Gasteiger partial charge in [-0.3, -0.25) is 4.79 Å². The number of hydrogen-bond donors (Lipinski definition) is 1. The number of halogens is 3. The minimum absolute atomic E-state index is 0.0684. The van der Waals surface area contributed by atoms with Crippen LogP contribution in [-0.4, -0.2) is 44.0 Å². The van der Waals surface area contributed by atoms with E-state index in [1.165, 1.54) is 19.2 Å². The molecular weight excluding hydrogens is 415 g/mol. The quantitative estimate of drug-likeness (QED) is 0.601. The third-order valence-electron chi connectivity index (χ3n) is 4.21. The summed E-state index contributed by atoms with van der Waals surface area (Å²) in [5, 5.41) is 2.67. The molecule has 1 rings (SSSR count). The normalized spacial score (nSPS) is 14.5. The van der Waals surface area contributed by atoms with Crippen LogP contribution in [0.15, 0.2) is 24.3 Å². The summed E-state index contributed by atoms with van der Waals surface area (Å²) in [6.07, 6.45) is -5.21. The second kappa shape index (κ2) is 10.3. The number of alkyl carbamates (subject to hydrolysis) is 1. The van der Waals surface area contributed by atoms with Crippen LogP contribution in [-0.2, 0) is 25.2 Å². The first-order valence-electron chi connectivity index (χ1n) is 9.87. The summed E-state index contributed by atoms with van der Waals surface area (Å²) >= 11 is 0. The van der Waals surface area contributed by atoms with E-state index in [0.717, 1.165) is 12.1 Å². The van der Waals surface area contributed by atoms with Crippen molar-refractivity contribution >= 4 is 12.1 Å². The Morgan fingerprint density at radius 1 is 0.968 bits per heavy atom. The molecule has 1 aromatic carbocycles. The van der Waals surface area contributed by atoms with Gasteiger partial charge in [-0.25, -0.2) is 4.79 Å². The second-order valence-corrected chi connectivity index (χ2v) is 9.28. The fraction of sp³-hybridized carbons (Fsp3) is 0.636. The average Bonchev–Trinajstić information content (AvgIpc) is 2.60. The number of carbonyl (C=O) groups excluding carboxylic acids is 2. The van der Waals surface area contributed by atoms with Crippen molar-refractivity contribution in [3.8, 4) is 0 Å². The van der Waals surface area contributed by atoms with Crippen molar-refractivity contribution in [2.24, 2.45) is 5.41 Å². The highest BCUT2D eigenvalue weighted by molar-refractivity contribution is 5.75. The summed E-state index contributed by atoms with van der Waals surface area (Å²) in [6.45, 7) is 10.0. The molecule has 0 aliphatic carbocycles. The molecule has 1 aromatic rings. The third-order valence-corrected chi connectivity index (χ3v) is 4.21. The van der Waals surface area contributed by atoms with Crippen molar-refractivity contribution in [1.82, 2.24) is 5.32 Å². The van der Waals surface area contributed by atoms with Gasteiger partial charge in [0.2, 0.25) is 0 Å². The van der Waals surface area contributed by atoms with Crippen molar-refractivity contribution in [3.63, 3.8) is 0 Å². The van der Waals surface area contributed by atoms with Crippen LogP contribution in [0.25, 0.3) is 0 Å². The van der Waals surface area contributed by atoms with E-state index >= 15 is 0 Å². The zero-order chi connectivity index (χ0) is 24.0. The highest BCUT2D eigenvalue weighted by Gasteiger charge is 2.33. The average molecular weight is 447 g/mol. The third kappa shape index (κ3) is 9.16. The van der Waals surface area contributed by atoms with Gasteiger partial charge < -0.3 is 19.5 Å². The van der Waals surface area contributed by atoms with E-state index in [-0.39, 0.29) is 13.2 Å². The van der Waals surface area contributed by atoms with Gasteiger partial charge in [-0.05, 0) is 59.2 Å². The van der Waals surface area contributed by atoms with Crippen molar-refractivity contribution < 1.29 is 37.0 Å². The maximum absolute atomic E-state index is 12.9. The number of carbonyl (C=O) groups is 2. The Hall–Kier alpha value is -2.29. The van der Waals surface area contributed by atoms with Crippen LogP contribution in [0.4, 0.5) is 18.0 Å². The van der Waals surface area contributed by atoms with Crippen LogP contribution in [0.1, 0.15) is 58.6 Å². The van der Waals surface area contributed by atoms with E-state index < -0.39 is 46.8 Å². The first-order valence-corrected chi connectivity index (χ1v) is 9.87. The van der Waals surface area contributed by atoms with Crippen LogP contribution in [0.2, 0.25) is 0 Å². The van der Waals surface area contributed by atoms with Gasteiger partial charge in [0.25, 0.3) is 0 Å². The van der Waals surface area contributed by atoms with E-state index in [4.69, 9.17) is 14.2 Å². The molecule has 0 fully saturated rings. The van der Waals surface area contributed by atoms with Gasteiger partial charge in [0.05, 0.1) is 23.6 Å². The molecule has 0 bridgehead atoms. The van der Waals surface area contributed by atoms with Crippen LogP contribution < -0.4 is 5.32 Å². The van der Waals surface area contributed by atoms with Gasteiger partial charge in [-0.1, -0.05) is 12.1 Å². The molecule has 176 valence electrons. The molecule has 6 nitrogen and oxygen atoms in total. The lowest BCUT2D eigenvalue weighted by Crippen LogP contribution is -2.46. The number of methoxy groups -OCH3 is 1. The molecule has 9 heteroatoms. The predicted octanol–water partition coefficient (Wildman–Crippen LogP) is 4.92. The van der Waals surface area contributed by atoms with Gasteiger partial charge in [-0.15, -0.1) is 0 Å². The van der Waals surface area contributed by atoms with Crippen molar-refractivity contribution in [1.29, 1.82) is 0 Å². The topological polar surface area (TPSA) is 73.9 Å². The number of esters is 1. The Bertz CT molecular complexity index is 733. The summed E-state index contributed by atoms with van der Waals surface area (Å²) in [7, 11) is 1.43. The Morgan fingerprint density at radius 2 is 1.52 bits per heavy atom. The Kier molecular flexibility index (Phi) is 8.93. The number of ether oxygens (including phenoxy) is 3. The second-order valence-electron chi connectivity index (χ2n) is 9.28. The largest absolute Gasteiger partial charge is 0.463 e. The molecule has 0 saturated heterocycles. The fourth-order valence-corrected chi connectivity index (χ4v) is 2.64. The smallest absolute Gasteiger partial charge is 0.416 e. The number of nitrogens with one attached hydrogen (secondary N) is 1. The van der Waals surface area contributed by atoms with Gasteiger partial charge in [-0.2, -0.15) is 13.2 Å². The summed E-state index contributed by atoms with van der Waals surface area (Å²) in [5.74, 6) is -1.07. The molecule has 31 heavy (non-hydrogen) atoms. The summed E-state index contributed by atoms with van der Waals surface area (Å²) < 4.78 is 54.7. The lowest BCUT2D eigenvalue weighted by atomic mass is 9.91. The maximum atomic E-state index is 12.9. The Morgan fingerprint density at radius 3 is 1.94 bits per heavy atom. The van der Waals surface area contributed by atoms with Gasteiger partial charge in [0.1, 0.15) is 12.2 Å². The number of benzene rings is 1. The SMILES string of the molecule is COCC(c1ccc(C(F)(F)F)cc1)C(COC(=O)C(C)(C)C)NC(=O)OC(C)(C)C. The molecular formula is C22H32F3NO5. The number of alkyl halides is 3. The van der Waals surface area contributed by atoms with Gasteiger partial charge in [0.15, 0.2) is 0 Å². The molecule has 0 aliphatic heterocycles. The number of rotatable bonds is 7. The number of amides is 1. The monoisotopic (exact) mass is 447 g/mol. The first-order chi connectivity index (χ1) is 14.0. The molecule has 0 radical (unpaired) electrons. The lowest BCUT2D eigenvalue weighted by Gasteiger charge is -2.30. The Balaban J connectivity index is 3.19. The summed E-state index contributed by atoms with van der Waals surface area (Å²) in [6, 6.07) is 3.77. The zero-order valence-electron chi connectivity index (χ0n) is 19.1. The molecule has 2 unspecified atom stereocenters. The molecule has 2 atom stereocenters. The highest BCUT2D eigenvalue weighted by Crippen LogP contribution is 2.31. The van der Waals surface area contributed by atoms with Crippen LogP contribution >= 0.6 is 0 Å². The van der Waals surface area contributed by atoms with Crippen molar-refractivity contribution in [2.45, 2.75) is 65.3 Å². The molecule has 1 N–H and O–H groups in total. The standard InChI is InChI=1S/C22H32F3NO5/c1-20(2,3)18(27)30-13-17(26-19(28)31-21(4,5)6)16(12-29-7)14-8-10-15(11-9-14)22(23,24)25/h8-11,16-17H,12-13H2,1-7H3,(H,26,28). The highest BCUT2D eigenvalue weighted by atomic mass is 19.4. The summed E-state index contributed by atoms with van der Waals surface area (Å²) in [5.41, 5.74) is -1.82. The molecule has 0 aliphatic rings. The minimum Gasteiger partial charge on any atom is -0.463 e. The molecule has 0 heterocycles. The van der Waals surface area contributed by atoms with Gasteiger partial charge in [0, 0.05) is 13.0 Å². The van der Waals surface area contributed by atoms with Gasteiger partial charge >= 0.3 is 18.2 Å². The lowest BCUT2D eigenvalue weighted by molar-refractivity contribution is -0.154. The van der Waals surface area contributed by atoms with E-state index in [0.29, 0.717) is 5.56 Å². The van der Waals surface area contributed by atoms with Crippen LogP contribution in [0.5, 0.6) is 0 Å². The Labute approximate surface area is 181 Å². The molecule has 1 amide bonds. The van der Waals surface area contributed by atoms with Crippen molar-refractivity contribution in [2.75, 3.05) is 20.3 Å². The minimum atomic E-state index is -4.47. The molecule has 0 spiro atoms. The van der Waals surface area contributed by atoms with E-state index in [9.17, 15) is 22.8 Å². The number of hydrogen-bond acceptors (Lipinski definition) is 5. The van der Waals surface area contributed by atoms with E-state index in [2.05, 4.69) is 5.32 Å². The van der Waals surface area contributed by atoms with E-state index in [1.54, 1.807) is 41.5 Å². The van der Waals surface area contributed by atoms with Crippen LogP contribution in [0, 0.1) is 5.41 Å². The zero-order valence-corrected chi connectivity index (χ0v) is 19.1. The predicted molar refractivity (Wildman–Crippen MR) is 110 cm³/mol.